The predicted molar refractivity (Wildman–Crippen MR) is 89.6 cm³/mol. The van der Waals surface area contributed by atoms with Crippen LogP contribution >= 0.6 is 0 Å². The maximum Gasteiger partial charge on any atom is 0.220 e. The van der Waals surface area contributed by atoms with Gasteiger partial charge in [-0.15, -0.1) is 0 Å². The molecular weight excluding hydrogens is 307 g/mol. The third-order valence-electron chi connectivity index (χ3n) is 4.24. The number of benzene rings is 1. The molecule has 3 N–H and O–H groups in total. The Hall–Kier alpha value is -2.80. The third-order valence-corrected chi connectivity index (χ3v) is 4.24. The van der Waals surface area contributed by atoms with Crippen LogP contribution in [0.5, 0.6) is 0 Å². The van der Waals surface area contributed by atoms with Crippen molar-refractivity contribution in [2.45, 2.75) is 12.5 Å². The standard InChI is InChI=1S/C17H17FN6/c18-12-3-1-11(2-4-12)16-22-10-15(14-6-8-21-17(19)23-14)24(16)13-5-7-20-9-13/h1-4,6,8,10,13,20H,5,7,9H2,(H2,19,21,23). The third kappa shape index (κ3) is 2.63. The largest absolute Gasteiger partial charge is 0.368 e. The normalized spacial score (nSPS) is 17.3. The lowest BCUT2D eigenvalue weighted by atomic mass is 10.1. The number of nitrogens with two attached hydrogens (primary N) is 1. The molecule has 2 aromatic heterocycles. The summed E-state index contributed by atoms with van der Waals surface area (Å²) in [7, 11) is 0. The van der Waals surface area contributed by atoms with E-state index in [9.17, 15) is 4.39 Å². The van der Waals surface area contributed by atoms with E-state index in [1.807, 2.05) is 6.07 Å². The van der Waals surface area contributed by atoms with Gasteiger partial charge in [0.25, 0.3) is 0 Å². The van der Waals surface area contributed by atoms with Gasteiger partial charge in [-0.25, -0.2) is 19.3 Å². The van der Waals surface area contributed by atoms with Crippen molar-refractivity contribution in [1.82, 2.24) is 24.8 Å². The van der Waals surface area contributed by atoms with E-state index in [0.717, 1.165) is 42.3 Å². The van der Waals surface area contributed by atoms with Crippen molar-refractivity contribution in [3.05, 3.63) is 48.5 Å². The summed E-state index contributed by atoms with van der Waals surface area (Å²) in [6, 6.07) is 8.47. The molecule has 1 aliphatic heterocycles. The van der Waals surface area contributed by atoms with Crippen LogP contribution in [0, 0.1) is 5.82 Å². The fourth-order valence-electron chi connectivity index (χ4n) is 3.11. The molecule has 0 saturated carbocycles. The molecule has 1 aliphatic rings. The molecule has 1 atom stereocenters. The molecule has 7 heteroatoms. The van der Waals surface area contributed by atoms with E-state index >= 15 is 0 Å². The van der Waals surface area contributed by atoms with Gasteiger partial charge in [0, 0.05) is 24.3 Å². The molecule has 0 aliphatic carbocycles. The zero-order valence-electron chi connectivity index (χ0n) is 13.0. The average molecular weight is 324 g/mol. The van der Waals surface area contributed by atoms with Gasteiger partial charge in [0.15, 0.2) is 0 Å². The molecule has 1 saturated heterocycles. The molecule has 24 heavy (non-hydrogen) atoms. The first-order valence-electron chi connectivity index (χ1n) is 7.85. The molecular formula is C17H17FN6. The molecule has 0 radical (unpaired) electrons. The minimum absolute atomic E-state index is 0.230. The SMILES string of the molecule is Nc1nccc(-c2cnc(-c3ccc(F)cc3)n2C2CCNC2)n1. The molecule has 4 rings (SSSR count). The van der Waals surface area contributed by atoms with Crippen LogP contribution in [0.25, 0.3) is 22.8 Å². The average Bonchev–Trinajstić information content (AvgIpc) is 3.24. The summed E-state index contributed by atoms with van der Waals surface area (Å²) in [5.41, 5.74) is 8.22. The minimum Gasteiger partial charge on any atom is -0.368 e. The summed E-state index contributed by atoms with van der Waals surface area (Å²) >= 11 is 0. The van der Waals surface area contributed by atoms with E-state index < -0.39 is 0 Å². The van der Waals surface area contributed by atoms with Crippen LogP contribution in [-0.4, -0.2) is 32.6 Å². The van der Waals surface area contributed by atoms with Gasteiger partial charge in [-0.2, -0.15) is 0 Å². The van der Waals surface area contributed by atoms with Gasteiger partial charge in [0.1, 0.15) is 11.6 Å². The Labute approximate surface area is 138 Å². The van der Waals surface area contributed by atoms with Crippen molar-refractivity contribution in [2.75, 3.05) is 18.8 Å². The number of aromatic nitrogens is 4. The zero-order valence-corrected chi connectivity index (χ0v) is 13.0. The van der Waals surface area contributed by atoms with E-state index in [2.05, 4.69) is 24.8 Å². The number of imidazole rings is 1. The Balaban J connectivity index is 1.87. The summed E-state index contributed by atoms with van der Waals surface area (Å²) in [5, 5.41) is 3.37. The van der Waals surface area contributed by atoms with Crippen LogP contribution in [0.1, 0.15) is 12.5 Å². The summed E-state index contributed by atoms with van der Waals surface area (Å²) in [5.74, 6) is 0.771. The second-order valence-corrected chi connectivity index (χ2v) is 5.79. The topological polar surface area (TPSA) is 81.6 Å². The first kappa shape index (κ1) is 14.8. The van der Waals surface area contributed by atoms with E-state index in [-0.39, 0.29) is 17.8 Å². The highest BCUT2D eigenvalue weighted by molar-refractivity contribution is 5.64. The highest BCUT2D eigenvalue weighted by Crippen LogP contribution is 2.31. The lowest BCUT2D eigenvalue weighted by molar-refractivity contribution is 0.556. The van der Waals surface area contributed by atoms with Crippen molar-refractivity contribution in [1.29, 1.82) is 0 Å². The number of anilines is 1. The smallest absolute Gasteiger partial charge is 0.220 e. The summed E-state index contributed by atoms with van der Waals surface area (Å²) in [6.07, 6.45) is 4.43. The van der Waals surface area contributed by atoms with Gasteiger partial charge in [0.2, 0.25) is 5.95 Å². The number of nitrogen functional groups attached to an aromatic ring is 1. The van der Waals surface area contributed by atoms with Crippen molar-refractivity contribution >= 4 is 5.95 Å². The number of hydrogen-bond acceptors (Lipinski definition) is 5. The Morgan fingerprint density at radius 3 is 2.71 bits per heavy atom. The van der Waals surface area contributed by atoms with Gasteiger partial charge in [0.05, 0.1) is 17.6 Å². The number of nitrogens with zero attached hydrogens (tertiary/aromatic N) is 4. The van der Waals surface area contributed by atoms with Crippen LogP contribution in [-0.2, 0) is 0 Å². The van der Waals surface area contributed by atoms with Gasteiger partial charge in [-0.1, -0.05) is 0 Å². The van der Waals surface area contributed by atoms with Crippen LogP contribution in [0.4, 0.5) is 10.3 Å². The molecule has 3 heterocycles. The van der Waals surface area contributed by atoms with E-state index in [0.29, 0.717) is 0 Å². The zero-order chi connectivity index (χ0) is 16.5. The lowest BCUT2D eigenvalue weighted by Crippen LogP contribution is -2.15. The molecule has 0 bridgehead atoms. The monoisotopic (exact) mass is 324 g/mol. The fourth-order valence-corrected chi connectivity index (χ4v) is 3.11. The highest BCUT2D eigenvalue weighted by Gasteiger charge is 2.24. The Bertz CT molecular complexity index is 852. The van der Waals surface area contributed by atoms with E-state index in [1.54, 1.807) is 24.5 Å². The minimum atomic E-state index is -0.261. The number of halogens is 1. The predicted octanol–water partition coefficient (Wildman–Crippen LogP) is 2.26. The molecule has 1 unspecified atom stereocenters. The van der Waals surface area contributed by atoms with Crippen LogP contribution in [0.15, 0.2) is 42.7 Å². The Morgan fingerprint density at radius 2 is 2.00 bits per heavy atom. The fraction of sp³-hybridized carbons (Fsp3) is 0.235. The van der Waals surface area contributed by atoms with Gasteiger partial charge >= 0.3 is 0 Å². The van der Waals surface area contributed by atoms with Gasteiger partial charge in [-0.3, -0.25) is 0 Å². The van der Waals surface area contributed by atoms with Crippen LogP contribution in [0.3, 0.4) is 0 Å². The van der Waals surface area contributed by atoms with Crippen molar-refractivity contribution < 1.29 is 4.39 Å². The molecule has 1 fully saturated rings. The van der Waals surface area contributed by atoms with Crippen LogP contribution in [0.2, 0.25) is 0 Å². The van der Waals surface area contributed by atoms with Crippen LogP contribution < -0.4 is 11.1 Å². The number of nitrogens with one attached hydrogen (secondary N) is 1. The quantitative estimate of drug-likeness (QED) is 0.772. The second-order valence-electron chi connectivity index (χ2n) is 5.79. The highest BCUT2D eigenvalue weighted by atomic mass is 19.1. The summed E-state index contributed by atoms with van der Waals surface area (Å²) < 4.78 is 15.4. The van der Waals surface area contributed by atoms with Gasteiger partial charge in [-0.05, 0) is 43.3 Å². The van der Waals surface area contributed by atoms with Crippen molar-refractivity contribution in [2.24, 2.45) is 0 Å². The Kier molecular flexibility index (Phi) is 3.70. The molecule has 1 aromatic carbocycles. The second kappa shape index (κ2) is 6.01. The Morgan fingerprint density at radius 1 is 1.17 bits per heavy atom. The first-order valence-corrected chi connectivity index (χ1v) is 7.85. The molecule has 6 nitrogen and oxygen atoms in total. The lowest BCUT2D eigenvalue weighted by Gasteiger charge is -2.18. The summed E-state index contributed by atoms with van der Waals surface area (Å²) in [4.78, 5) is 12.9. The van der Waals surface area contributed by atoms with Crippen molar-refractivity contribution in [3.63, 3.8) is 0 Å². The van der Waals surface area contributed by atoms with Crippen molar-refractivity contribution in [3.8, 4) is 22.8 Å². The molecule has 122 valence electrons. The van der Waals surface area contributed by atoms with E-state index in [1.165, 1.54) is 12.1 Å². The molecule has 0 spiro atoms. The first-order chi connectivity index (χ1) is 11.7. The molecule has 3 aromatic rings. The van der Waals surface area contributed by atoms with E-state index in [4.69, 9.17) is 5.73 Å². The maximum atomic E-state index is 13.3. The molecule has 0 amide bonds. The maximum absolute atomic E-state index is 13.3. The number of rotatable bonds is 3. The van der Waals surface area contributed by atoms with Gasteiger partial charge < -0.3 is 15.6 Å². The number of hydrogen-bond donors (Lipinski definition) is 2. The summed E-state index contributed by atoms with van der Waals surface area (Å²) in [6.45, 7) is 1.81.